The van der Waals surface area contributed by atoms with Crippen molar-refractivity contribution in [1.29, 1.82) is 0 Å². The number of carbonyl (C=O) groups is 2. The lowest BCUT2D eigenvalue weighted by atomic mass is 9.81. The number of carboxylic acid groups (broad SMARTS) is 1. The van der Waals surface area contributed by atoms with E-state index in [2.05, 4.69) is 11.0 Å². The third-order valence-electron chi connectivity index (χ3n) is 6.38. The minimum atomic E-state index is -0.682. The highest BCUT2D eigenvalue weighted by Gasteiger charge is 2.56. The molecule has 1 saturated heterocycles. The molecule has 1 saturated carbocycles. The minimum absolute atomic E-state index is 0. The minimum Gasteiger partial charge on any atom is -0.481 e. The first-order chi connectivity index (χ1) is 11.5. The lowest BCUT2D eigenvalue weighted by Gasteiger charge is -2.29. The van der Waals surface area contributed by atoms with Crippen LogP contribution in [0.1, 0.15) is 31.7 Å². The summed E-state index contributed by atoms with van der Waals surface area (Å²) in [5.74, 6) is -0.393. The van der Waals surface area contributed by atoms with E-state index >= 15 is 0 Å². The van der Waals surface area contributed by atoms with Gasteiger partial charge in [-0.2, -0.15) is 0 Å². The van der Waals surface area contributed by atoms with Crippen molar-refractivity contribution in [3.05, 3.63) is 29.8 Å². The second-order valence-corrected chi connectivity index (χ2v) is 7.52. The summed E-state index contributed by atoms with van der Waals surface area (Å²) in [4.78, 5) is 28.8. The third-order valence-corrected chi connectivity index (χ3v) is 6.38. The molecular weight excluding hydrogens is 340 g/mol. The molecule has 2 fully saturated rings. The van der Waals surface area contributed by atoms with Gasteiger partial charge in [0, 0.05) is 25.3 Å². The highest BCUT2D eigenvalue weighted by atomic mass is 35.5. The van der Waals surface area contributed by atoms with Crippen LogP contribution in [-0.4, -0.2) is 47.6 Å². The maximum Gasteiger partial charge on any atom is 0.311 e. The van der Waals surface area contributed by atoms with Gasteiger partial charge in [-0.1, -0.05) is 24.6 Å². The van der Waals surface area contributed by atoms with E-state index in [-0.39, 0.29) is 30.3 Å². The van der Waals surface area contributed by atoms with Crippen molar-refractivity contribution in [2.24, 2.45) is 11.3 Å². The molecule has 1 aromatic carbocycles. The molecule has 3 aliphatic rings. The first-order valence-electron chi connectivity index (χ1n) is 8.90. The van der Waals surface area contributed by atoms with Crippen LogP contribution in [0, 0.1) is 11.3 Å². The van der Waals surface area contributed by atoms with Gasteiger partial charge in [-0.25, -0.2) is 0 Å². The molecule has 2 aliphatic heterocycles. The average Bonchev–Trinajstić information content (AvgIpc) is 3.25. The molecule has 0 aromatic heterocycles. The highest BCUT2D eigenvalue weighted by molar-refractivity contribution is 5.98. The van der Waals surface area contributed by atoms with E-state index in [0.717, 1.165) is 44.5 Å². The first kappa shape index (κ1) is 18.2. The summed E-state index contributed by atoms with van der Waals surface area (Å²) in [7, 11) is 0. The Hall–Kier alpha value is -1.59. The molecule has 25 heavy (non-hydrogen) atoms. The van der Waals surface area contributed by atoms with Crippen molar-refractivity contribution >= 4 is 30.0 Å². The molecule has 1 aliphatic carbocycles. The fourth-order valence-electron chi connectivity index (χ4n) is 4.92. The van der Waals surface area contributed by atoms with E-state index in [1.807, 2.05) is 30.0 Å². The van der Waals surface area contributed by atoms with Crippen molar-refractivity contribution in [3.8, 4) is 0 Å². The number of hydrogen-bond donors (Lipinski definition) is 1. The van der Waals surface area contributed by atoms with Gasteiger partial charge in [0.1, 0.15) is 0 Å². The van der Waals surface area contributed by atoms with Crippen LogP contribution < -0.4 is 4.90 Å². The van der Waals surface area contributed by atoms with Crippen LogP contribution in [0.3, 0.4) is 0 Å². The fourth-order valence-corrected chi connectivity index (χ4v) is 4.92. The van der Waals surface area contributed by atoms with Gasteiger partial charge in [0.2, 0.25) is 5.91 Å². The number of carbonyl (C=O) groups excluding carboxylic acids is 1. The Balaban J connectivity index is 0.00000182. The largest absolute Gasteiger partial charge is 0.481 e. The van der Waals surface area contributed by atoms with Gasteiger partial charge in [0.15, 0.2) is 0 Å². The number of para-hydroxylation sites is 1. The number of fused-ring (bicyclic) bond motifs is 2. The highest BCUT2D eigenvalue weighted by Crippen LogP contribution is 2.49. The number of rotatable bonds is 3. The zero-order valence-electron chi connectivity index (χ0n) is 14.5. The zero-order valence-corrected chi connectivity index (χ0v) is 15.3. The summed E-state index contributed by atoms with van der Waals surface area (Å²) in [6.07, 6.45) is 3.61. The molecule has 4 rings (SSSR count). The summed E-state index contributed by atoms with van der Waals surface area (Å²) in [5.41, 5.74) is 1.61. The predicted octanol–water partition coefficient (Wildman–Crippen LogP) is 2.57. The molecule has 1 amide bonds. The van der Waals surface area contributed by atoms with Gasteiger partial charge in [0.05, 0.1) is 11.5 Å². The number of nitrogens with zero attached hydrogens (tertiary/aromatic N) is 2. The van der Waals surface area contributed by atoms with Crippen LogP contribution in [0.2, 0.25) is 0 Å². The monoisotopic (exact) mass is 364 g/mol. The van der Waals surface area contributed by atoms with E-state index in [1.54, 1.807) is 0 Å². The molecule has 3 atom stereocenters. The lowest BCUT2D eigenvalue weighted by molar-refractivity contribution is -0.149. The van der Waals surface area contributed by atoms with Gasteiger partial charge in [-0.3, -0.25) is 14.5 Å². The molecule has 0 spiro atoms. The Kier molecular flexibility index (Phi) is 4.82. The van der Waals surface area contributed by atoms with Crippen LogP contribution in [0.15, 0.2) is 24.3 Å². The van der Waals surface area contributed by atoms with E-state index in [1.165, 1.54) is 5.56 Å². The standard InChI is InChI=1S/C19H24N2O3.ClH/c1-13(17(22)21-10-8-14-5-2-3-7-16(14)21)20-11-15-6-4-9-19(15,12-20)18(23)24;/h2-3,5,7,13,15H,4,6,8-12H2,1H3,(H,23,24);1H/t13?,15-,19+;/m0./s1. The third kappa shape index (κ3) is 2.74. The summed E-state index contributed by atoms with van der Waals surface area (Å²) >= 11 is 0. The summed E-state index contributed by atoms with van der Waals surface area (Å²) in [6.45, 7) is 3.90. The van der Waals surface area contributed by atoms with Crippen LogP contribution in [0.5, 0.6) is 0 Å². The number of benzene rings is 1. The van der Waals surface area contributed by atoms with Gasteiger partial charge >= 0.3 is 5.97 Å². The lowest BCUT2D eigenvalue weighted by Crippen LogP contribution is -2.47. The van der Waals surface area contributed by atoms with Gasteiger partial charge in [-0.15, -0.1) is 12.4 Å². The number of halogens is 1. The number of anilines is 1. The van der Waals surface area contributed by atoms with E-state index < -0.39 is 11.4 Å². The summed E-state index contributed by atoms with van der Waals surface area (Å²) in [6, 6.07) is 7.79. The average molecular weight is 365 g/mol. The molecule has 0 bridgehead atoms. The van der Waals surface area contributed by atoms with Crippen molar-refractivity contribution in [3.63, 3.8) is 0 Å². The van der Waals surface area contributed by atoms with Crippen molar-refractivity contribution < 1.29 is 14.7 Å². The van der Waals surface area contributed by atoms with Crippen LogP contribution in [0.4, 0.5) is 5.69 Å². The molecule has 1 aromatic rings. The molecule has 2 heterocycles. The molecule has 1 unspecified atom stereocenters. The number of aliphatic carboxylic acids is 1. The fraction of sp³-hybridized carbons (Fsp3) is 0.579. The topological polar surface area (TPSA) is 60.9 Å². The Morgan fingerprint density at radius 2 is 2.08 bits per heavy atom. The summed E-state index contributed by atoms with van der Waals surface area (Å²) < 4.78 is 0. The molecule has 136 valence electrons. The predicted molar refractivity (Wildman–Crippen MR) is 98.2 cm³/mol. The zero-order chi connectivity index (χ0) is 16.9. The number of likely N-dealkylation sites (tertiary alicyclic amines) is 1. The first-order valence-corrected chi connectivity index (χ1v) is 8.90. The second kappa shape index (κ2) is 6.61. The summed E-state index contributed by atoms with van der Waals surface area (Å²) in [5, 5.41) is 9.73. The SMILES string of the molecule is CC(C(=O)N1CCc2ccccc21)N1C[C@@H]2CCC[C@@]2(C(=O)O)C1.Cl. The van der Waals surface area contributed by atoms with E-state index in [9.17, 15) is 14.7 Å². The molecule has 6 heteroatoms. The molecule has 1 N–H and O–H groups in total. The second-order valence-electron chi connectivity index (χ2n) is 7.52. The Morgan fingerprint density at radius 1 is 1.32 bits per heavy atom. The maximum atomic E-state index is 13.0. The molecule has 5 nitrogen and oxygen atoms in total. The maximum absolute atomic E-state index is 13.0. The quantitative estimate of drug-likeness (QED) is 0.895. The van der Waals surface area contributed by atoms with Crippen molar-refractivity contribution in [1.82, 2.24) is 4.90 Å². The normalized spacial score (nSPS) is 29.0. The number of amides is 1. The smallest absolute Gasteiger partial charge is 0.311 e. The Bertz CT molecular complexity index is 695. The van der Waals surface area contributed by atoms with Crippen LogP contribution in [-0.2, 0) is 16.0 Å². The number of carboxylic acids is 1. The van der Waals surface area contributed by atoms with Crippen LogP contribution in [0.25, 0.3) is 0 Å². The Morgan fingerprint density at radius 3 is 2.80 bits per heavy atom. The van der Waals surface area contributed by atoms with Crippen molar-refractivity contribution in [2.75, 3.05) is 24.5 Å². The van der Waals surface area contributed by atoms with Gasteiger partial charge < -0.3 is 10.0 Å². The molecular formula is C19H25ClN2O3. The van der Waals surface area contributed by atoms with Gasteiger partial charge in [-0.05, 0) is 43.7 Å². The van der Waals surface area contributed by atoms with E-state index in [0.29, 0.717) is 6.54 Å². The van der Waals surface area contributed by atoms with E-state index in [4.69, 9.17) is 0 Å². The molecule has 0 radical (unpaired) electrons. The van der Waals surface area contributed by atoms with Crippen LogP contribution >= 0.6 is 12.4 Å². The Labute approximate surface area is 154 Å². The van der Waals surface area contributed by atoms with Gasteiger partial charge in [0.25, 0.3) is 0 Å². The van der Waals surface area contributed by atoms with Crippen molar-refractivity contribution in [2.45, 2.75) is 38.6 Å². The number of hydrogen-bond acceptors (Lipinski definition) is 3.